The van der Waals surface area contributed by atoms with Gasteiger partial charge in [-0.3, -0.25) is 14.6 Å². The van der Waals surface area contributed by atoms with Crippen LogP contribution in [0.1, 0.15) is 12.5 Å². The van der Waals surface area contributed by atoms with Gasteiger partial charge in [0.05, 0.1) is 19.8 Å². The van der Waals surface area contributed by atoms with Gasteiger partial charge in [-0.2, -0.15) is 0 Å². The molecule has 1 aliphatic rings. The highest BCUT2D eigenvalue weighted by atomic mass is 16.5. The fourth-order valence-electron chi connectivity index (χ4n) is 2.86. The molecule has 23 heavy (non-hydrogen) atoms. The summed E-state index contributed by atoms with van der Waals surface area (Å²) >= 11 is 0. The number of β-amino-alcohol motifs (C(OH)–C–C–N with tert-alkyl or cyclic N) is 1. The number of rotatable bonds is 7. The zero-order chi connectivity index (χ0) is 16.7. The molecule has 1 saturated heterocycles. The minimum atomic E-state index is -0.152. The lowest BCUT2D eigenvalue weighted by Gasteiger charge is -2.37. The maximum Gasteiger partial charge on any atom is 0.237 e. The predicted molar refractivity (Wildman–Crippen MR) is 89.4 cm³/mol. The average Bonchev–Trinajstić information content (AvgIpc) is 2.60. The van der Waals surface area contributed by atoms with E-state index in [4.69, 9.17) is 9.84 Å². The van der Waals surface area contributed by atoms with Crippen molar-refractivity contribution in [1.82, 2.24) is 15.1 Å². The molecule has 1 aromatic rings. The number of hydrogen-bond donors (Lipinski definition) is 2. The van der Waals surface area contributed by atoms with Gasteiger partial charge in [0, 0.05) is 44.8 Å². The molecule has 6 heteroatoms. The molecule has 1 fully saturated rings. The number of methoxy groups -OCH3 is 1. The smallest absolute Gasteiger partial charge is 0.237 e. The van der Waals surface area contributed by atoms with Crippen molar-refractivity contribution in [1.29, 1.82) is 0 Å². The molecule has 1 aromatic carbocycles. The molecule has 0 spiro atoms. The number of para-hydroxylation sites is 1. The normalized spacial score (nSPS) is 17.7. The van der Waals surface area contributed by atoms with Crippen molar-refractivity contribution in [2.24, 2.45) is 0 Å². The topological polar surface area (TPSA) is 65.0 Å². The van der Waals surface area contributed by atoms with E-state index in [1.165, 1.54) is 0 Å². The Balaban J connectivity index is 1.81. The molecular formula is C17H27N3O3. The van der Waals surface area contributed by atoms with Crippen molar-refractivity contribution < 1.29 is 14.6 Å². The van der Waals surface area contributed by atoms with Crippen LogP contribution in [0.25, 0.3) is 0 Å². The highest BCUT2D eigenvalue weighted by molar-refractivity contribution is 5.81. The molecule has 1 atom stereocenters. The number of aliphatic hydroxyl groups excluding tert-OH is 1. The lowest BCUT2D eigenvalue weighted by Crippen LogP contribution is -2.54. The van der Waals surface area contributed by atoms with Gasteiger partial charge >= 0.3 is 0 Å². The standard InChI is InChI=1S/C17H27N3O3/c1-14(20-9-7-19(8-10-20)11-12-21)17(22)18-13-15-5-3-4-6-16(15)23-2/h3-6,14,21H,7-13H2,1-2H3,(H,18,22). The molecule has 1 aliphatic heterocycles. The minimum absolute atomic E-state index is 0.0338. The van der Waals surface area contributed by atoms with Crippen molar-refractivity contribution in [3.63, 3.8) is 0 Å². The Morgan fingerprint density at radius 1 is 1.30 bits per heavy atom. The molecule has 2 rings (SSSR count). The molecule has 2 N–H and O–H groups in total. The number of nitrogens with zero attached hydrogens (tertiary/aromatic N) is 2. The van der Waals surface area contributed by atoms with Gasteiger partial charge in [-0.05, 0) is 13.0 Å². The predicted octanol–water partition coefficient (Wildman–Crippen LogP) is 0.310. The number of amides is 1. The summed E-state index contributed by atoms with van der Waals surface area (Å²) < 4.78 is 5.30. The van der Waals surface area contributed by atoms with Gasteiger partial charge < -0.3 is 15.2 Å². The van der Waals surface area contributed by atoms with Gasteiger partial charge in [0.15, 0.2) is 0 Å². The van der Waals surface area contributed by atoms with E-state index in [9.17, 15) is 4.79 Å². The molecule has 6 nitrogen and oxygen atoms in total. The fraction of sp³-hybridized carbons (Fsp3) is 0.588. The summed E-state index contributed by atoms with van der Waals surface area (Å²) in [5.74, 6) is 0.824. The summed E-state index contributed by atoms with van der Waals surface area (Å²) in [6.45, 7) is 6.80. The van der Waals surface area contributed by atoms with Gasteiger partial charge in [0.25, 0.3) is 0 Å². The largest absolute Gasteiger partial charge is 0.496 e. The quantitative estimate of drug-likeness (QED) is 0.757. The lowest BCUT2D eigenvalue weighted by atomic mass is 10.1. The van der Waals surface area contributed by atoms with E-state index in [0.717, 1.165) is 37.5 Å². The molecule has 0 aliphatic carbocycles. The zero-order valence-electron chi connectivity index (χ0n) is 14.0. The first-order chi connectivity index (χ1) is 11.2. The molecular weight excluding hydrogens is 294 g/mol. The number of nitrogens with one attached hydrogen (secondary N) is 1. The Morgan fingerprint density at radius 3 is 2.65 bits per heavy atom. The monoisotopic (exact) mass is 321 g/mol. The number of piperazine rings is 1. The number of aliphatic hydroxyl groups is 1. The fourth-order valence-corrected chi connectivity index (χ4v) is 2.86. The van der Waals surface area contributed by atoms with Crippen LogP contribution in [0.15, 0.2) is 24.3 Å². The molecule has 0 aromatic heterocycles. The summed E-state index contributed by atoms with van der Waals surface area (Å²) in [6, 6.07) is 7.55. The van der Waals surface area contributed by atoms with Crippen LogP contribution in [0, 0.1) is 0 Å². The second-order valence-electron chi connectivity index (χ2n) is 5.81. The van der Waals surface area contributed by atoms with Crippen molar-refractivity contribution in [3.05, 3.63) is 29.8 Å². The van der Waals surface area contributed by atoms with Gasteiger partial charge in [0.1, 0.15) is 5.75 Å². The summed E-state index contributed by atoms with van der Waals surface area (Å²) in [5.41, 5.74) is 0.975. The summed E-state index contributed by atoms with van der Waals surface area (Å²) in [6.07, 6.45) is 0. The van der Waals surface area contributed by atoms with E-state index in [2.05, 4.69) is 15.1 Å². The van der Waals surface area contributed by atoms with Crippen LogP contribution in [0.3, 0.4) is 0 Å². The summed E-state index contributed by atoms with van der Waals surface area (Å²) in [5, 5.41) is 12.0. The zero-order valence-corrected chi connectivity index (χ0v) is 14.0. The average molecular weight is 321 g/mol. The summed E-state index contributed by atoms with van der Waals surface area (Å²) in [7, 11) is 1.63. The molecule has 1 amide bonds. The van der Waals surface area contributed by atoms with Crippen molar-refractivity contribution >= 4 is 5.91 Å². The Bertz CT molecular complexity index is 502. The maximum atomic E-state index is 12.4. The minimum Gasteiger partial charge on any atom is -0.496 e. The lowest BCUT2D eigenvalue weighted by molar-refractivity contribution is -0.126. The second kappa shape index (κ2) is 8.86. The maximum absolute atomic E-state index is 12.4. The molecule has 1 heterocycles. The van der Waals surface area contributed by atoms with Crippen molar-refractivity contribution in [3.8, 4) is 5.75 Å². The molecule has 128 valence electrons. The van der Waals surface area contributed by atoms with E-state index in [0.29, 0.717) is 13.1 Å². The number of hydrogen-bond acceptors (Lipinski definition) is 5. The van der Waals surface area contributed by atoms with Crippen LogP contribution in [0.2, 0.25) is 0 Å². The van der Waals surface area contributed by atoms with Crippen LogP contribution in [0.4, 0.5) is 0 Å². The summed E-state index contributed by atoms with van der Waals surface area (Å²) in [4.78, 5) is 16.8. The Labute approximate surface area is 138 Å². The Hall–Kier alpha value is -1.63. The highest BCUT2D eigenvalue weighted by Gasteiger charge is 2.25. The van der Waals surface area contributed by atoms with E-state index >= 15 is 0 Å². The first-order valence-corrected chi connectivity index (χ1v) is 8.12. The van der Waals surface area contributed by atoms with Crippen LogP contribution in [-0.4, -0.2) is 73.3 Å². The Morgan fingerprint density at radius 2 is 2.00 bits per heavy atom. The van der Waals surface area contributed by atoms with E-state index in [1.54, 1.807) is 7.11 Å². The first-order valence-electron chi connectivity index (χ1n) is 8.12. The molecule has 0 bridgehead atoms. The number of carbonyl (C=O) groups is 1. The van der Waals surface area contributed by atoms with Crippen molar-refractivity contribution in [2.75, 3.05) is 46.4 Å². The first kappa shape index (κ1) is 17.7. The molecule has 1 unspecified atom stereocenters. The third-order valence-electron chi connectivity index (χ3n) is 4.40. The van der Waals surface area contributed by atoms with Crippen LogP contribution >= 0.6 is 0 Å². The second-order valence-corrected chi connectivity index (χ2v) is 5.81. The van der Waals surface area contributed by atoms with Crippen LogP contribution < -0.4 is 10.1 Å². The number of ether oxygens (including phenoxy) is 1. The van der Waals surface area contributed by atoms with E-state index in [1.807, 2.05) is 31.2 Å². The third-order valence-corrected chi connectivity index (χ3v) is 4.40. The van der Waals surface area contributed by atoms with Gasteiger partial charge in [-0.15, -0.1) is 0 Å². The van der Waals surface area contributed by atoms with Gasteiger partial charge in [-0.25, -0.2) is 0 Å². The van der Waals surface area contributed by atoms with Crippen LogP contribution in [0.5, 0.6) is 5.75 Å². The third kappa shape index (κ3) is 4.92. The number of carbonyl (C=O) groups excluding carboxylic acids is 1. The molecule has 0 radical (unpaired) electrons. The van der Waals surface area contributed by atoms with Gasteiger partial charge in [-0.1, -0.05) is 18.2 Å². The number of benzene rings is 1. The SMILES string of the molecule is COc1ccccc1CNC(=O)C(C)N1CCN(CCO)CC1. The Kier molecular flexibility index (Phi) is 6.83. The van der Waals surface area contributed by atoms with Crippen molar-refractivity contribution in [2.45, 2.75) is 19.5 Å². The van der Waals surface area contributed by atoms with Gasteiger partial charge in [0.2, 0.25) is 5.91 Å². The molecule has 0 saturated carbocycles. The highest BCUT2D eigenvalue weighted by Crippen LogP contribution is 2.17. The van der Waals surface area contributed by atoms with E-state index in [-0.39, 0.29) is 18.6 Å². The van der Waals surface area contributed by atoms with Crippen LogP contribution in [-0.2, 0) is 11.3 Å². The van der Waals surface area contributed by atoms with E-state index < -0.39 is 0 Å².